The fraction of sp³-hybridized carbons (Fsp3) is 0.750. The van der Waals surface area contributed by atoms with Crippen LogP contribution in [0.3, 0.4) is 0 Å². The zero-order chi connectivity index (χ0) is 14.7. The molecule has 2 heterocycles. The van der Waals surface area contributed by atoms with Crippen molar-refractivity contribution in [3.05, 3.63) is 16.1 Å². The van der Waals surface area contributed by atoms with Crippen LogP contribution < -0.4 is 10.6 Å². The lowest BCUT2D eigenvalue weighted by Crippen LogP contribution is -2.43. The number of aryl methyl sites for hydroxylation is 1. The SMILES string of the molecule is Cc1csc(C2(NC(=O)CCC3CCNC3)CCCC2)n1.Cl.Cl. The minimum absolute atomic E-state index is 0. The molecule has 1 aromatic rings. The van der Waals surface area contributed by atoms with Crippen LogP contribution in [-0.4, -0.2) is 24.0 Å². The zero-order valence-corrected chi connectivity index (χ0v) is 16.0. The van der Waals surface area contributed by atoms with Gasteiger partial charge in [0.1, 0.15) is 5.01 Å². The van der Waals surface area contributed by atoms with Crippen molar-refractivity contribution in [3.8, 4) is 0 Å². The molecule has 4 nitrogen and oxygen atoms in total. The van der Waals surface area contributed by atoms with Crippen LogP contribution in [0, 0.1) is 12.8 Å². The molecule has 132 valence electrons. The molecule has 2 fully saturated rings. The van der Waals surface area contributed by atoms with Gasteiger partial charge in [0.25, 0.3) is 0 Å². The number of halogens is 2. The fourth-order valence-corrected chi connectivity index (χ4v) is 4.58. The van der Waals surface area contributed by atoms with Gasteiger partial charge in [-0.2, -0.15) is 0 Å². The third-order valence-electron chi connectivity index (χ3n) is 4.81. The molecule has 0 aromatic carbocycles. The Morgan fingerprint density at radius 1 is 1.43 bits per heavy atom. The van der Waals surface area contributed by atoms with Crippen molar-refractivity contribution >= 4 is 42.1 Å². The quantitative estimate of drug-likeness (QED) is 0.821. The lowest BCUT2D eigenvalue weighted by atomic mass is 9.97. The first-order chi connectivity index (χ1) is 10.2. The van der Waals surface area contributed by atoms with Gasteiger partial charge in [-0.15, -0.1) is 36.2 Å². The Morgan fingerprint density at radius 2 is 2.17 bits per heavy atom. The van der Waals surface area contributed by atoms with Crippen molar-refractivity contribution in [1.29, 1.82) is 0 Å². The second-order valence-electron chi connectivity index (χ2n) is 6.53. The van der Waals surface area contributed by atoms with E-state index in [1.54, 1.807) is 11.3 Å². The number of hydrogen-bond acceptors (Lipinski definition) is 4. The molecule has 1 unspecified atom stereocenters. The minimum atomic E-state index is -0.177. The van der Waals surface area contributed by atoms with Crippen LogP contribution in [0.5, 0.6) is 0 Å². The number of aromatic nitrogens is 1. The molecule has 1 aromatic heterocycles. The molecule has 7 heteroatoms. The maximum Gasteiger partial charge on any atom is 0.220 e. The monoisotopic (exact) mass is 379 g/mol. The summed E-state index contributed by atoms with van der Waals surface area (Å²) < 4.78 is 0. The smallest absolute Gasteiger partial charge is 0.220 e. The number of amides is 1. The van der Waals surface area contributed by atoms with E-state index in [4.69, 9.17) is 0 Å². The molecule has 1 aliphatic heterocycles. The average Bonchev–Trinajstić information content (AvgIpc) is 3.17. The standard InChI is InChI=1S/C16H25N3OS.2ClH/c1-12-11-21-15(18-12)16(7-2-3-8-16)19-14(20)5-4-13-6-9-17-10-13;;/h11,13,17H,2-10H2,1H3,(H,19,20);2*1H. The summed E-state index contributed by atoms with van der Waals surface area (Å²) in [5.74, 6) is 0.883. The molecule has 0 bridgehead atoms. The molecule has 1 atom stereocenters. The molecular formula is C16H27Cl2N3OS. The molecule has 1 saturated carbocycles. The molecule has 0 radical (unpaired) electrons. The van der Waals surface area contributed by atoms with Crippen molar-refractivity contribution in [3.63, 3.8) is 0 Å². The fourth-order valence-electron chi connectivity index (χ4n) is 3.57. The van der Waals surface area contributed by atoms with Crippen LogP contribution in [0.15, 0.2) is 5.38 Å². The van der Waals surface area contributed by atoms with Gasteiger partial charge in [-0.1, -0.05) is 12.8 Å². The summed E-state index contributed by atoms with van der Waals surface area (Å²) in [6.07, 6.45) is 7.32. The Labute approximate surface area is 155 Å². The first-order valence-electron chi connectivity index (χ1n) is 8.12. The topological polar surface area (TPSA) is 54.0 Å². The summed E-state index contributed by atoms with van der Waals surface area (Å²) in [6, 6.07) is 0. The largest absolute Gasteiger partial charge is 0.344 e. The Morgan fingerprint density at radius 3 is 2.74 bits per heavy atom. The van der Waals surface area contributed by atoms with Crippen LogP contribution >= 0.6 is 36.2 Å². The second-order valence-corrected chi connectivity index (χ2v) is 7.39. The normalized spacial score (nSPS) is 22.2. The van der Waals surface area contributed by atoms with Crippen LogP contribution in [0.1, 0.15) is 55.6 Å². The van der Waals surface area contributed by atoms with Crippen molar-refractivity contribution in [1.82, 2.24) is 15.6 Å². The predicted octanol–water partition coefficient (Wildman–Crippen LogP) is 3.57. The first-order valence-corrected chi connectivity index (χ1v) is 9.00. The number of carbonyl (C=O) groups excluding carboxylic acids is 1. The van der Waals surface area contributed by atoms with E-state index in [1.807, 2.05) is 6.92 Å². The Balaban J connectivity index is 0.00000132. The van der Waals surface area contributed by atoms with Crippen LogP contribution in [0.4, 0.5) is 0 Å². The van der Waals surface area contributed by atoms with Crippen molar-refractivity contribution in [2.75, 3.05) is 13.1 Å². The Hall–Kier alpha value is -0.360. The number of nitrogens with zero attached hydrogens (tertiary/aromatic N) is 1. The van der Waals surface area contributed by atoms with Gasteiger partial charge in [0.05, 0.1) is 5.54 Å². The van der Waals surface area contributed by atoms with E-state index in [0.29, 0.717) is 12.3 Å². The van der Waals surface area contributed by atoms with E-state index in [0.717, 1.165) is 43.1 Å². The second kappa shape index (κ2) is 9.21. The van der Waals surface area contributed by atoms with E-state index in [-0.39, 0.29) is 36.3 Å². The van der Waals surface area contributed by atoms with Gasteiger partial charge in [0, 0.05) is 17.5 Å². The lowest BCUT2D eigenvalue weighted by Gasteiger charge is -2.28. The van der Waals surface area contributed by atoms with Gasteiger partial charge in [-0.3, -0.25) is 4.79 Å². The summed E-state index contributed by atoms with van der Waals surface area (Å²) >= 11 is 1.70. The molecule has 2 aliphatic rings. The number of hydrogen-bond donors (Lipinski definition) is 2. The van der Waals surface area contributed by atoms with Crippen molar-refractivity contribution in [2.24, 2.45) is 5.92 Å². The maximum atomic E-state index is 12.4. The zero-order valence-electron chi connectivity index (χ0n) is 13.6. The van der Waals surface area contributed by atoms with Gasteiger partial charge in [0.2, 0.25) is 5.91 Å². The van der Waals surface area contributed by atoms with Gasteiger partial charge in [-0.05, 0) is 51.6 Å². The van der Waals surface area contributed by atoms with E-state index < -0.39 is 0 Å². The maximum absolute atomic E-state index is 12.4. The van der Waals surface area contributed by atoms with Gasteiger partial charge in [0.15, 0.2) is 0 Å². The Kier molecular flexibility index (Phi) is 8.28. The molecule has 3 rings (SSSR count). The summed E-state index contributed by atoms with van der Waals surface area (Å²) in [5.41, 5.74) is 0.886. The van der Waals surface area contributed by atoms with Gasteiger partial charge >= 0.3 is 0 Å². The molecule has 1 saturated heterocycles. The van der Waals surface area contributed by atoms with Crippen LogP contribution in [-0.2, 0) is 10.3 Å². The molecule has 0 spiro atoms. The Bertz CT molecular complexity index is 497. The molecule has 2 N–H and O–H groups in total. The van der Waals surface area contributed by atoms with Crippen LogP contribution in [0.25, 0.3) is 0 Å². The third kappa shape index (κ3) is 5.05. The van der Waals surface area contributed by atoms with Gasteiger partial charge < -0.3 is 10.6 Å². The van der Waals surface area contributed by atoms with E-state index >= 15 is 0 Å². The average molecular weight is 380 g/mol. The van der Waals surface area contributed by atoms with E-state index in [9.17, 15) is 4.79 Å². The molecule has 23 heavy (non-hydrogen) atoms. The number of rotatable bonds is 5. The van der Waals surface area contributed by atoms with Crippen molar-refractivity contribution < 1.29 is 4.79 Å². The number of carbonyl (C=O) groups is 1. The summed E-state index contributed by atoms with van der Waals surface area (Å²) in [4.78, 5) is 17.0. The summed E-state index contributed by atoms with van der Waals surface area (Å²) in [5, 5.41) is 9.89. The van der Waals surface area contributed by atoms with Gasteiger partial charge in [-0.25, -0.2) is 4.98 Å². The third-order valence-corrected chi connectivity index (χ3v) is 5.97. The minimum Gasteiger partial charge on any atom is -0.344 e. The highest BCUT2D eigenvalue weighted by Gasteiger charge is 2.39. The van der Waals surface area contributed by atoms with E-state index in [2.05, 4.69) is 21.0 Å². The highest BCUT2D eigenvalue weighted by Crippen LogP contribution is 2.40. The number of nitrogens with one attached hydrogen (secondary N) is 2. The van der Waals surface area contributed by atoms with Crippen LogP contribution in [0.2, 0.25) is 0 Å². The van der Waals surface area contributed by atoms with E-state index in [1.165, 1.54) is 19.3 Å². The predicted molar refractivity (Wildman–Crippen MR) is 99.8 cm³/mol. The highest BCUT2D eigenvalue weighted by molar-refractivity contribution is 7.09. The summed E-state index contributed by atoms with van der Waals surface area (Å²) in [6.45, 7) is 4.20. The molecule has 1 aliphatic carbocycles. The summed E-state index contributed by atoms with van der Waals surface area (Å²) in [7, 11) is 0. The first kappa shape index (κ1) is 20.7. The molecule has 1 amide bonds. The molecular weight excluding hydrogens is 353 g/mol. The highest BCUT2D eigenvalue weighted by atomic mass is 35.5. The lowest BCUT2D eigenvalue weighted by molar-refractivity contribution is -0.123. The van der Waals surface area contributed by atoms with Crippen molar-refractivity contribution in [2.45, 2.75) is 57.4 Å². The number of thiazole rings is 1.